The van der Waals surface area contributed by atoms with Gasteiger partial charge in [0, 0.05) is 15.4 Å². The van der Waals surface area contributed by atoms with Crippen molar-refractivity contribution in [3.8, 4) is 11.3 Å². The maximum atomic E-state index is 10.6. The zero-order valence-corrected chi connectivity index (χ0v) is 17.1. The molecule has 0 fully saturated rings. The molecule has 1 aliphatic rings. The van der Waals surface area contributed by atoms with Gasteiger partial charge in [0.25, 0.3) is 0 Å². The summed E-state index contributed by atoms with van der Waals surface area (Å²) in [6.07, 6.45) is 0. The number of aliphatic hydroxyl groups excluding tert-OH is 1. The van der Waals surface area contributed by atoms with Gasteiger partial charge in [-0.25, -0.2) is 4.98 Å². The lowest BCUT2D eigenvalue weighted by molar-refractivity contribution is 0.310. The van der Waals surface area contributed by atoms with Crippen molar-refractivity contribution in [1.82, 2.24) is 9.88 Å². The number of aromatic nitrogens is 1. The second kappa shape index (κ2) is 7.29. The smallest absolute Gasteiger partial charge is 0.135 e. The molecule has 0 bridgehead atoms. The average molecular weight is 440 g/mol. The van der Waals surface area contributed by atoms with Crippen LogP contribution in [0.1, 0.15) is 23.5 Å². The molecule has 2 aromatic carbocycles. The van der Waals surface area contributed by atoms with Gasteiger partial charge in [0.15, 0.2) is 0 Å². The molecular weight excluding hydrogens is 422 g/mol. The Morgan fingerprint density at radius 1 is 1.15 bits per heavy atom. The lowest BCUT2D eigenvalue weighted by Crippen LogP contribution is -2.29. The third-order valence-electron chi connectivity index (χ3n) is 4.74. The zero-order chi connectivity index (χ0) is 19.0. The van der Waals surface area contributed by atoms with Gasteiger partial charge in [-0.1, -0.05) is 58.4 Å². The molecule has 4 rings (SSSR count). The Morgan fingerprint density at radius 3 is 2.56 bits per heavy atom. The van der Waals surface area contributed by atoms with Crippen LogP contribution in [0.3, 0.4) is 0 Å². The molecule has 1 atom stereocenters. The highest BCUT2D eigenvalue weighted by molar-refractivity contribution is 9.10. The molecule has 0 saturated heterocycles. The Bertz CT molecular complexity index is 1010. The molecular formula is C21H18BrN3OS. The molecule has 27 heavy (non-hydrogen) atoms. The third-order valence-corrected chi connectivity index (χ3v) is 6.13. The SMILES string of the molecule is CC(c1ccccc1)N1CC(O)=C(c2nc(-c3ccc(Br)cc3)cs2)C1=N. The van der Waals surface area contributed by atoms with E-state index in [0.29, 0.717) is 23.0 Å². The summed E-state index contributed by atoms with van der Waals surface area (Å²) in [6.45, 7) is 2.38. The molecule has 1 aromatic heterocycles. The minimum atomic E-state index is 0.00394. The van der Waals surface area contributed by atoms with Gasteiger partial charge in [-0.2, -0.15) is 0 Å². The molecule has 1 aliphatic heterocycles. The molecule has 3 aromatic rings. The van der Waals surface area contributed by atoms with Crippen LogP contribution < -0.4 is 0 Å². The standard InChI is InChI=1S/C21H18BrN3OS/c1-13(14-5-3-2-4-6-14)25-11-18(26)19(20(25)23)21-24-17(12-27-21)15-7-9-16(22)10-8-15/h2-10,12-13,23,26H,11H2,1H3. The molecule has 0 saturated carbocycles. The van der Waals surface area contributed by atoms with Gasteiger partial charge in [0.05, 0.1) is 23.9 Å². The molecule has 2 N–H and O–H groups in total. The van der Waals surface area contributed by atoms with Crippen molar-refractivity contribution < 1.29 is 5.11 Å². The van der Waals surface area contributed by atoms with Crippen molar-refractivity contribution in [3.05, 3.63) is 80.8 Å². The van der Waals surface area contributed by atoms with Gasteiger partial charge in [0.1, 0.15) is 16.6 Å². The summed E-state index contributed by atoms with van der Waals surface area (Å²) < 4.78 is 1.02. The van der Waals surface area contributed by atoms with E-state index >= 15 is 0 Å². The minimum Gasteiger partial charge on any atom is -0.510 e. The van der Waals surface area contributed by atoms with E-state index in [1.807, 2.05) is 64.9 Å². The largest absolute Gasteiger partial charge is 0.510 e. The van der Waals surface area contributed by atoms with Crippen LogP contribution in [0.5, 0.6) is 0 Å². The van der Waals surface area contributed by atoms with Crippen molar-refractivity contribution >= 4 is 38.7 Å². The van der Waals surface area contributed by atoms with Crippen molar-refractivity contribution in [2.75, 3.05) is 6.54 Å². The number of amidine groups is 1. The number of hydrogen-bond donors (Lipinski definition) is 2. The highest BCUT2D eigenvalue weighted by Gasteiger charge is 2.33. The monoisotopic (exact) mass is 439 g/mol. The van der Waals surface area contributed by atoms with E-state index in [4.69, 9.17) is 5.41 Å². The van der Waals surface area contributed by atoms with Crippen LogP contribution in [-0.4, -0.2) is 27.4 Å². The fraction of sp³-hybridized carbons (Fsp3) is 0.143. The first-order valence-corrected chi connectivity index (χ1v) is 10.3. The van der Waals surface area contributed by atoms with Crippen LogP contribution in [0.15, 0.2) is 70.2 Å². The van der Waals surface area contributed by atoms with Gasteiger partial charge >= 0.3 is 0 Å². The summed E-state index contributed by atoms with van der Waals surface area (Å²) in [5.74, 6) is 0.528. The Hall–Kier alpha value is -2.44. The Kier molecular flexibility index (Phi) is 4.85. The predicted octanol–water partition coefficient (Wildman–Crippen LogP) is 5.90. The lowest BCUT2D eigenvalue weighted by Gasteiger charge is -2.26. The van der Waals surface area contributed by atoms with Crippen molar-refractivity contribution in [2.24, 2.45) is 0 Å². The predicted molar refractivity (Wildman–Crippen MR) is 114 cm³/mol. The molecule has 136 valence electrons. The lowest BCUT2D eigenvalue weighted by atomic mass is 10.1. The van der Waals surface area contributed by atoms with Gasteiger partial charge < -0.3 is 10.0 Å². The summed E-state index contributed by atoms with van der Waals surface area (Å²) in [5.41, 5.74) is 3.52. The Labute approximate surface area is 170 Å². The summed E-state index contributed by atoms with van der Waals surface area (Å²) in [4.78, 5) is 6.58. The van der Waals surface area contributed by atoms with Crippen LogP contribution in [0.2, 0.25) is 0 Å². The van der Waals surface area contributed by atoms with Crippen molar-refractivity contribution in [1.29, 1.82) is 5.41 Å². The van der Waals surface area contributed by atoms with Gasteiger partial charge in [0.2, 0.25) is 0 Å². The first-order chi connectivity index (χ1) is 13.0. The van der Waals surface area contributed by atoms with Crippen LogP contribution >= 0.6 is 27.3 Å². The quantitative estimate of drug-likeness (QED) is 0.532. The molecule has 6 heteroatoms. The highest BCUT2D eigenvalue weighted by atomic mass is 79.9. The van der Waals surface area contributed by atoms with Gasteiger partial charge in [-0.3, -0.25) is 5.41 Å². The zero-order valence-electron chi connectivity index (χ0n) is 14.7. The number of aliphatic hydroxyl groups is 1. The Morgan fingerprint density at radius 2 is 1.85 bits per heavy atom. The fourth-order valence-electron chi connectivity index (χ4n) is 3.21. The number of halogens is 1. The minimum absolute atomic E-state index is 0.00394. The second-order valence-electron chi connectivity index (χ2n) is 6.43. The summed E-state index contributed by atoms with van der Waals surface area (Å²) in [6, 6.07) is 18.0. The molecule has 2 heterocycles. The first kappa shape index (κ1) is 17.9. The van der Waals surface area contributed by atoms with E-state index in [0.717, 1.165) is 21.3 Å². The van der Waals surface area contributed by atoms with E-state index < -0.39 is 0 Å². The first-order valence-electron chi connectivity index (χ1n) is 8.59. The number of nitrogens with zero attached hydrogens (tertiary/aromatic N) is 2. The van der Waals surface area contributed by atoms with Gasteiger partial charge in [-0.05, 0) is 24.6 Å². The average Bonchev–Trinajstić information content (AvgIpc) is 3.27. The second-order valence-corrected chi connectivity index (χ2v) is 8.20. The molecule has 1 unspecified atom stereocenters. The van der Waals surface area contributed by atoms with E-state index in [1.54, 1.807) is 0 Å². The number of nitrogens with one attached hydrogen (secondary N) is 1. The van der Waals surface area contributed by atoms with Crippen LogP contribution in [0.4, 0.5) is 0 Å². The maximum absolute atomic E-state index is 10.6. The van der Waals surface area contributed by atoms with Crippen LogP contribution in [0.25, 0.3) is 16.8 Å². The third kappa shape index (κ3) is 3.42. The van der Waals surface area contributed by atoms with Crippen molar-refractivity contribution in [2.45, 2.75) is 13.0 Å². The molecule has 0 spiro atoms. The number of benzene rings is 2. The summed E-state index contributed by atoms with van der Waals surface area (Å²) in [7, 11) is 0. The fourth-order valence-corrected chi connectivity index (χ4v) is 4.37. The van der Waals surface area contributed by atoms with Crippen LogP contribution in [-0.2, 0) is 0 Å². The molecule has 0 amide bonds. The molecule has 0 aliphatic carbocycles. The van der Waals surface area contributed by atoms with Crippen molar-refractivity contribution in [3.63, 3.8) is 0 Å². The Balaban J connectivity index is 1.60. The number of thiazole rings is 1. The topological polar surface area (TPSA) is 60.2 Å². The van der Waals surface area contributed by atoms with E-state index in [-0.39, 0.29) is 11.8 Å². The summed E-state index contributed by atoms with van der Waals surface area (Å²) in [5, 5.41) is 21.8. The number of hydrogen-bond acceptors (Lipinski definition) is 4. The van der Waals surface area contributed by atoms with Crippen LogP contribution in [0, 0.1) is 5.41 Å². The van der Waals surface area contributed by atoms with Gasteiger partial charge in [-0.15, -0.1) is 11.3 Å². The molecule has 4 nitrogen and oxygen atoms in total. The van der Waals surface area contributed by atoms with E-state index in [2.05, 4.69) is 27.8 Å². The normalized spacial score (nSPS) is 15.5. The number of rotatable bonds is 4. The molecule has 0 radical (unpaired) electrons. The highest BCUT2D eigenvalue weighted by Crippen LogP contribution is 2.35. The maximum Gasteiger partial charge on any atom is 0.135 e. The van der Waals surface area contributed by atoms with E-state index in [9.17, 15) is 5.11 Å². The summed E-state index contributed by atoms with van der Waals surface area (Å²) >= 11 is 4.89. The van der Waals surface area contributed by atoms with E-state index in [1.165, 1.54) is 11.3 Å².